The number of urea groups is 1. The first-order valence-electron chi connectivity index (χ1n) is 7.39. The van der Waals surface area contributed by atoms with Gasteiger partial charge in [0, 0.05) is 29.3 Å². The van der Waals surface area contributed by atoms with Crippen LogP contribution in [0, 0.1) is 6.92 Å². The number of nitrogens with zero attached hydrogens (tertiary/aromatic N) is 1. The Morgan fingerprint density at radius 2 is 1.84 bits per heavy atom. The van der Waals surface area contributed by atoms with Gasteiger partial charge in [-0.05, 0) is 18.4 Å². The van der Waals surface area contributed by atoms with Gasteiger partial charge in [-0.15, -0.1) is 11.3 Å². The van der Waals surface area contributed by atoms with E-state index in [1.807, 2.05) is 18.4 Å². The second-order valence-corrected chi connectivity index (χ2v) is 6.16. The van der Waals surface area contributed by atoms with Crippen molar-refractivity contribution in [2.24, 2.45) is 0 Å². The van der Waals surface area contributed by atoms with Crippen LogP contribution < -0.4 is 20.1 Å². The van der Waals surface area contributed by atoms with Crippen LogP contribution in [0.4, 0.5) is 16.2 Å². The number of benzene rings is 1. The van der Waals surface area contributed by atoms with Gasteiger partial charge in [-0.1, -0.05) is 0 Å². The molecule has 0 atom stereocenters. The number of carbonyl (C=O) groups excluding carboxylic acids is 1. The molecule has 8 heteroatoms. The Morgan fingerprint density at radius 1 is 1.16 bits per heavy atom. The SMILES string of the molecule is COc1cc(NC(=O)Nc2c(O)nc(C)c3sccc23)cc(OC)c1. The Labute approximate surface area is 148 Å². The number of amides is 2. The highest BCUT2D eigenvalue weighted by Crippen LogP contribution is 2.35. The summed E-state index contributed by atoms with van der Waals surface area (Å²) in [7, 11) is 3.06. The number of thiophene rings is 1. The molecule has 0 unspecified atom stereocenters. The first-order chi connectivity index (χ1) is 12.0. The summed E-state index contributed by atoms with van der Waals surface area (Å²) < 4.78 is 11.3. The largest absolute Gasteiger partial charge is 0.497 e. The van der Waals surface area contributed by atoms with Crippen LogP contribution in [0.15, 0.2) is 29.6 Å². The number of aryl methyl sites for hydroxylation is 1. The quantitative estimate of drug-likeness (QED) is 0.655. The number of fused-ring (bicyclic) bond motifs is 1. The van der Waals surface area contributed by atoms with Crippen molar-refractivity contribution < 1.29 is 19.4 Å². The molecule has 2 heterocycles. The standard InChI is InChI=1S/C17H17N3O4S/c1-9-15-13(4-5-25-15)14(16(21)18-9)20-17(22)19-10-6-11(23-2)8-12(7-10)24-3/h4-8H,1-3H3,(H,18,21)(H2,19,20,22). The molecule has 0 aliphatic heterocycles. The van der Waals surface area contributed by atoms with Crippen molar-refractivity contribution in [1.82, 2.24) is 4.98 Å². The highest BCUT2D eigenvalue weighted by molar-refractivity contribution is 7.17. The molecule has 0 radical (unpaired) electrons. The average Bonchev–Trinajstić information content (AvgIpc) is 3.08. The molecule has 0 bridgehead atoms. The van der Waals surface area contributed by atoms with Gasteiger partial charge in [0.2, 0.25) is 5.88 Å². The smallest absolute Gasteiger partial charge is 0.323 e. The zero-order valence-corrected chi connectivity index (χ0v) is 14.7. The third-order valence-corrected chi connectivity index (χ3v) is 4.63. The number of ether oxygens (including phenoxy) is 2. The van der Waals surface area contributed by atoms with Crippen LogP contribution in [0.25, 0.3) is 10.1 Å². The fraction of sp³-hybridized carbons (Fsp3) is 0.176. The third-order valence-electron chi connectivity index (χ3n) is 3.61. The van der Waals surface area contributed by atoms with Crippen LogP contribution in [0.1, 0.15) is 5.69 Å². The lowest BCUT2D eigenvalue weighted by molar-refractivity contribution is 0.262. The fourth-order valence-corrected chi connectivity index (χ4v) is 3.30. The van der Waals surface area contributed by atoms with Gasteiger partial charge in [0.1, 0.15) is 17.2 Å². The lowest BCUT2D eigenvalue weighted by atomic mass is 10.2. The average molecular weight is 359 g/mol. The van der Waals surface area contributed by atoms with Crippen LogP contribution >= 0.6 is 11.3 Å². The van der Waals surface area contributed by atoms with Crippen LogP contribution in [0.5, 0.6) is 17.4 Å². The minimum atomic E-state index is -0.510. The number of pyridine rings is 1. The summed E-state index contributed by atoms with van der Waals surface area (Å²) in [5.41, 5.74) is 1.48. The van der Waals surface area contributed by atoms with E-state index < -0.39 is 6.03 Å². The van der Waals surface area contributed by atoms with E-state index in [0.29, 0.717) is 22.9 Å². The molecule has 0 aliphatic rings. The van der Waals surface area contributed by atoms with Gasteiger partial charge < -0.3 is 25.2 Å². The van der Waals surface area contributed by atoms with E-state index in [2.05, 4.69) is 15.6 Å². The van der Waals surface area contributed by atoms with Crippen molar-refractivity contribution in [3.8, 4) is 17.4 Å². The highest BCUT2D eigenvalue weighted by Gasteiger charge is 2.15. The molecule has 0 fully saturated rings. The second-order valence-electron chi connectivity index (χ2n) is 5.24. The number of nitrogens with one attached hydrogen (secondary N) is 2. The lowest BCUT2D eigenvalue weighted by Gasteiger charge is -2.12. The van der Waals surface area contributed by atoms with Gasteiger partial charge >= 0.3 is 6.03 Å². The van der Waals surface area contributed by atoms with Gasteiger partial charge in [0.15, 0.2) is 0 Å². The van der Waals surface area contributed by atoms with Gasteiger partial charge in [-0.25, -0.2) is 9.78 Å². The first-order valence-corrected chi connectivity index (χ1v) is 8.27. The van der Waals surface area contributed by atoms with Crippen LogP contribution in [-0.4, -0.2) is 30.3 Å². The number of aromatic nitrogens is 1. The molecule has 7 nitrogen and oxygen atoms in total. The summed E-state index contributed by atoms with van der Waals surface area (Å²) in [4.78, 5) is 16.4. The summed E-state index contributed by atoms with van der Waals surface area (Å²) in [5.74, 6) is 0.881. The molecule has 2 amide bonds. The topological polar surface area (TPSA) is 92.7 Å². The molecule has 3 N–H and O–H groups in total. The van der Waals surface area contributed by atoms with E-state index >= 15 is 0 Å². The molecule has 0 aliphatic carbocycles. The minimum absolute atomic E-state index is 0.221. The maximum absolute atomic E-state index is 12.3. The number of rotatable bonds is 4. The number of hydrogen-bond donors (Lipinski definition) is 3. The van der Waals surface area contributed by atoms with Crippen molar-refractivity contribution in [2.45, 2.75) is 6.92 Å². The summed E-state index contributed by atoms with van der Waals surface area (Å²) in [6.45, 7) is 1.81. The number of methoxy groups -OCH3 is 2. The zero-order valence-electron chi connectivity index (χ0n) is 13.9. The van der Waals surface area contributed by atoms with Gasteiger partial charge in [-0.2, -0.15) is 0 Å². The van der Waals surface area contributed by atoms with Crippen molar-refractivity contribution in [3.05, 3.63) is 35.3 Å². The number of aromatic hydroxyl groups is 1. The first kappa shape index (κ1) is 16.8. The van der Waals surface area contributed by atoms with Crippen LogP contribution in [-0.2, 0) is 0 Å². The normalized spacial score (nSPS) is 10.5. The molecular weight excluding hydrogens is 342 g/mol. The van der Waals surface area contributed by atoms with Crippen molar-refractivity contribution in [1.29, 1.82) is 0 Å². The predicted octanol–water partition coefficient (Wildman–Crippen LogP) is 3.97. The molecule has 2 aromatic heterocycles. The van der Waals surface area contributed by atoms with Crippen molar-refractivity contribution in [2.75, 3.05) is 24.9 Å². The Bertz CT molecular complexity index is 917. The Morgan fingerprint density at radius 3 is 2.48 bits per heavy atom. The highest BCUT2D eigenvalue weighted by atomic mass is 32.1. The lowest BCUT2D eigenvalue weighted by Crippen LogP contribution is -2.20. The van der Waals surface area contributed by atoms with Crippen molar-refractivity contribution >= 4 is 38.8 Å². The maximum Gasteiger partial charge on any atom is 0.323 e. The zero-order chi connectivity index (χ0) is 18.0. The molecule has 25 heavy (non-hydrogen) atoms. The predicted molar refractivity (Wildman–Crippen MR) is 98.2 cm³/mol. The second kappa shape index (κ2) is 6.86. The molecule has 130 valence electrons. The summed E-state index contributed by atoms with van der Waals surface area (Å²) in [6, 6.07) is 6.35. The summed E-state index contributed by atoms with van der Waals surface area (Å²) in [6.07, 6.45) is 0. The van der Waals surface area contributed by atoms with E-state index in [1.54, 1.807) is 18.2 Å². The molecule has 0 saturated carbocycles. The van der Waals surface area contributed by atoms with E-state index in [-0.39, 0.29) is 11.6 Å². The summed E-state index contributed by atoms with van der Waals surface area (Å²) in [5, 5.41) is 18.1. The van der Waals surface area contributed by atoms with Crippen molar-refractivity contribution in [3.63, 3.8) is 0 Å². The fourth-order valence-electron chi connectivity index (χ4n) is 2.45. The molecule has 0 spiro atoms. The molecular formula is C17H17N3O4S. The molecule has 3 rings (SSSR count). The van der Waals surface area contributed by atoms with Gasteiger partial charge in [0.25, 0.3) is 0 Å². The van der Waals surface area contributed by atoms with E-state index in [0.717, 1.165) is 10.1 Å². The van der Waals surface area contributed by atoms with Crippen LogP contribution in [0.3, 0.4) is 0 Å². The minimum Gasteiger partial charge on any atom is -0.497 e. The Balaban J connectivity index is 1.85. The maximum atomic E-state index is 12.3. The van der Waals surface area contributed by atoms with Gasteiger partial charge in [0.05, 0.1) is 24.6 Å². The Hall–Kier alpha value is -3.00. The number of anilines is 2. The van der Waals surface area contributed by atoms with E-state index in [9.17, 15) is 9.90 Å². The Kier molecular flexibility index (Phi) is 4.62. The molecule has 3 aromatic rings. The number of carbonyl (C=O) groups is 1. The van der Waals surface area contributed by atoms with Gasteiger partial charge in [-0.3, -0.25) is 0 Å². The van der Waals surface area contributed by atoms with Crippen LogP contribution in [0.2, 0.25) is 0 Å². The summed E-state index contributed by atoms with van der Waals surface area (Å²) >= 11 is 1.50. The molecule has 1 aromatic carbocycles. The monoisotopic (exact) mass is 359 g/mol. The third kappa shape index (κ3) is 3.43. The number of hydrogen-bond acceptors (Lipinski definition) is 6. The molecule has 0 saturated heterocycles. The van der Waals surface area contributed by atoms with E-state index in [1.165, 1.54) is 25.6 Å². The van der Waals surface area contributed by atoms with E-state index in [4.69, 9.17) is 9.47 Å².